The standard InChI is InChI=1S/C22H18ClN7S/c1-2-13-9-14(10-15-11-27-22(24)28-19(13)15)17-12-26-21-20(25-7-8-30(17)21)29-31-18-6-4-3-5-16(18)23/h3-12H,2H2,1H3,(H,25,29)(H2,24,27,28). The third-order valence-electron chi connectivity index (χ3n) is 4.98. The van der Waals surface area contributed by atoms with E-state index in [-0.39, 0.29) is 5.95 Å². The third-order valence-corrected chi connectivity index (χ3v) is 6.29. The van der Waals surface area contributed by atoms with Crippen LogP contribution in [-0.2, 0) is 6.42 Å². The van der Waals surface area contributed by atoms with E-state index in [4.69, 9.17) is 17.3 Å². The van der Waals surface area contributed by atoms with Crippen LogP contribution < -0.4 is 10.5 Å². The van der Waals surface area contributed by atoms with Crippen molar-refractivity contribution in [3.63, 3.8) is 0 Å². The molecule has 3 aromatic heterocycles. The van der Waals surface area contributed by atoms with Crippen LogP contribution in [0.2, 0.25) is 5.02 Å². The Morgan fingerprint density at radius 3 is 2.84 bits per heavy atom. The van der Waals surface area contributed by atoms with Gasteiger partial charge in [-0.25, -0.2) is 19.9 Å². The number of rotatable bonds is 5. The van der Waals surface area contributed by atoms with Crippen molar-refractivity contribution in [2.45, 2.75) is 18.2 Å². The first kappa shape index (κ1) is 19.6. The number of nitrogen functional groups attached to an aromatic ring is 1. The van der Waals surface area contributed by atoms with Crippen LogP contribution in [0.15, 0.2) is 66.1 Å². The van der Waals surface area contributed by atoms with Crippen LogP contribution in [0.25, 0.3) is 27.8 Å². The van der Waals surface area contributed by atoms with Crippen LogP contribution in [0, 0.1) is 0 Å². The van der Waals surface area contributed by atoms with Crippen molar-refractivity contribution >= 4 is 51.9 Å². The number of hydrogen-bond donors (Lipinski definition) is 2. The zero-order chi connectivity index (χ0) is 21.4. The van der Waals surface area contributed by atoms with E-state index in [1.54, 1.807) is 12.4 Å². The number of fused-ring (bicyclic) bond motifs is 2. The number of nitrogens with zero attached hydrogens (tertiary/aromatic N) is 5. The van der Waals surface area contributed by atoms with E-state index in [1.807, 2.05) is 41.1 Å². The fraction of sp³-hybridized carbons (Fsp3) is 0.0909. The van der Waals surface area contributed by atoms with E-state index >= 15 is 0 Å². The van der Waals surface area contributed by atoms with Gasteiger partial charge in [0, 0.05) is 34.4 Å². The van der Waals surface area contributed by atoms with Crippen LogP contribution in [0.3, 0.4) is 0 Å². The molecule has 0 atom stereocenters. The second-order valence-electron chi connectivity index (χ2n) is 6.90. The number of halogens is 1. The summed E-state index contributed by atoms with van der Waals surface area (Å²) in [5.41, 5.74) is 10.5. The predicted molar refractivity (Wildman–Crippen MR) is 126 cm³/mol. The normalized spacial score (nSPS) is 11.3. The number of aromatic nitrogens is 5. The maximum atomic E-state index is 6.26. The molecular formula is C22H18ClN7S. The quantitative estimate of drug-likeness (QED) is 0.355. The lowest BCUT2D eigenvalue weighted by atomic mass is 10.0. The van der Waals surface area contributed by atoms with E-state index < -0.39 is 0 Å². The summed E-state index contributed by atoms with van der Waals surface area (Å²) in [6.45, 7) is 2.10. The molecular weight excluding hydrogens is 430 g/mol. The highest BCUT2D eigenvalue weighted by Gasteiger charge is 2.14. The summed E-state index contributed by atoms with van der Waals surface area (Å²) in [7, 11) is 0. The van der Waals surface area contributed by atoms with Gasteiger partial charge in [-0.2, -0.15) is 0 Å². The Morgan fingerprint density at radius 1 is 1.13 bits per heavy atom. The molecule has 0 unspecified atom stereocenters. The Balaban J connectivity index is 1.55. The van der Waals surface area contributed by atoms with Crippen LogP contribution in [0.5, 0.6) is 0 Å². The summed E-state index contributed by atoms with van der Waals surface area (Å²) in [5.74, 6) is 0.939. The molecule has 0 aliphatic rings. The summed E-state index contributed by atoms with van der Waals surface area (Å²) >= 11 is 7.66. The van der Waals surface area contributed by atoms with Gasteiger partial charge in [0.25, 0.3) is 0 Å². The van der Waals surface area contributed by atoms with Crippen LogP contribution in [0.1, 0.15) is 12.5 Å². The van der Waals surface area contributed by atoms with E-state index in [1.165, 1.54) is 11.9 Å². The van der Waals surface area contributed by atoms with Crippen molar-refractivity contribution in [2.75, 3.05) is 10.5 Å². The molecule has 0 aliphatic carbocycles. The van der Waals surface area contributed by atoms with Gasteiger partial charge in [0.15, 0.2) is 11.5 Å². The molecule has 0 bridgehead atoms. The van der Waals surface area contributed by atoms with Gasteiger partial charge in [-0.3, -0.25) is 4.40 Å². The Morgan fingerprint density at radius 2 is 2.00 bits per heavy atom. The van der Waals surface area contributed by atoms with E-state index in [0.29, 0.717) is 10.8 Å². The van der Waals surface area contributed by atoms with Gasteiger partial charge >= 0.3 is 0 Å². The summed E-state index contributed by atoms with van der Waals surface area (Å²) < 4.78 is 5.29. The minimum atomic E-state index is 0.280. The molecule has 5 rings (SSSR count). The van der Waals surface area contributed by atoms with Crippen molar-refractivity contribution in [1.29, 1.82) is 0 Å². The second-order valence-corrected chi connectivity index (χ2v) is 8.16. The van der Waals surface area contributed by atoms with Gasteiger partial charge in [0.05, 0.1) is 22.4 Å². The highest BCUT2D eigenvalue weighted by Crippen LogP contribution is 2.31. The van der Waals surface area contributed by atoms with Crippen molar-refractivity contribution in [3.8, 4) is 11.3 Å². The Kier molecular flexibility index (Phi) is 5.09. The molecule has 3 N–H and O–H groups in total. The van der Waals surface area contributed by atoms with Gasteiger partial charge in [0.2, 0.25) is 5.95 Å². The topological polar surface area (TPSA) is 94.0 Å². The first-order valence-corrected chi connectivity index (χ1v) is 10.9. The molecule has 0 radical (unpaired) electrons. The van der Waals surface area contributed by atoms with E-state index in [9.17, 15) is 0 Å². The molecule has 3 heterocycles. The van der Waals surface area contributed by atoms with Gasteiger partial charge in [0.1, 0.15) is 0 Å². The van der Waals surface area contributed by atoms with Crippen molar-refractivity contribution < 1.29 is 0 Å². The lowest BCUT2D eigenvalue weighted by Gasteiger charge is -2.10. The summed E-state index contributed by atoms with van der Waals surface area (Å²) in [6, 6.07) is 11.8. The molecule has 0 aliphatic heterocycles. The van der Waals surface area contributed by atoms with Gasteiger partial charge in [-0.1, -0.05) is 30.7 Å². The molecule has 0 amide bonds. The summed E-state index contributed by atoms with van der Waals surface area (Å²) in [5, 5.41) is 1.63. The fourth-order valence-electron chi connectivity index (χ4n) is 3.49. The summed E-state index contributed by atoms with van der Waals surface area (Å²) in [6.07, 6.45) is 8.09. The Hall–Kier alpha value is -3.36. The SMILES string of the molecule is CCc1cc(-c2cnc3c(NSc4ccccc4Cl)nccn23)cc2cnc(N)nc12. The maximum absolute atomic E-state index is 6.26. The second kappa shape index (κ2) is 8.05. The predicted octanol–water partition coefficient (Wildman–Crippen LogP) is 5.26. The average Bonchev–Trinajstić information content (AvgIpc) is 3.23. The molecule has 31 heavy (non-hydrogen) atoms. The number of aryl methyl sites for hydroxylation is 1. The highest BCUT2D eigenvalue weighted by atomic mass is 35.5. The number of nitrogens with two attached hydrogens (primary N) is 1. The van der Waals surface area contributed by atoms with Crippen LogP contribution >= 0.6 is 23.5 Å². The van der Waals surface area contributed by atoms with E-state index in [2.05, 4.69) is 43.7 Å². The monoisotopic (exact) mass is 447 g/mol. The molecule has 0 saturated carbocycles. The number of nitrogens with one attached hydrogen (secondary N) is 1. The Labute approximate surface area is 187 Å². The number of benzene rings is 2. The van der Waals surface area contributed by atoms with Crippen LogP contribution in [-0.4, -0.2) is 24.3 Å². The van der Waals surface area contributed by atoms with Gasteiger partial charge in [-0.15, -0.1) is 0 Å². The summed E-state index contributed by atoms with van der Waals surface area (Å²) in [4.78, 5) is 18.6. The minimum absolute atomic E-state index is 0.280. The van der Waals surface area contributed by atoms with Gasteiger partial charge in [-0.05, 0) is 48.2 Å². The van der Waals surface area contributed by atoms with Crippen molar-refractivity contribution in [3.05, 3.63) is 71.8 Å². The van der Waals surface area contributed by atoms with Crippen molar-refractivity contribution in [2.24, 2.45) is 0 Å². The number of hydrogen-bond acceptors (Lipinski definition) is 7. The molecule has 7 nitrogen and oxygen atoms in total. The lowest BCUT2D eigenvalue weighted by molar-refractivity contribution is 1.12. The Bertz CT molecular complexity index is 1420. The number of anilines is 2. The molecule has 0 saturated heterocycles. The molecule has 0 fully saturated rings. The van der Waals surface area contributed by atoms with Gasteiger partial charge < -0.3 is 10.5 Å². The first-order valence-electron chi connectivity index (χ1n) is 9.69. The van der Waals surface area contributed by atoms with E-state index in [0.717, 1.165) is 44.7 Å². The average molecular weight is 448 g/mol. The van der Waals surface area contributed by atoms with Crippen LogP contribution in [0.4, 0.5) is 11.8 Å². The highest BCUT2D eigenvalue weighted by molar-refractivity contribution is 8.00. The number of imidazole rings is 1. The lowest BCUT2D eigenvalue weighted by Crippen LogP contribution is -1.99. The molecule has 9 heteroatoms. The third kappa shape index (κ3) is 3.64. The minimum Gasteiger partial charge on any atom is -0.368 e. The molecule has 0 spiro atoms. The maximum Gasteiger partial charge on any atom is 0.220 e. The smallest absolute Gasteiger partial charge is 0.220 e. The zero-order valence-corrected chi connectivity index (χ0v) is 18.2. The zero-order valence-electron chi connectivity index (χ0n) is 16.6. The molecule has 5 aromatic rings. The van der Waals surface area contributed by atoms with Crippen molar-refractivity contribution in [1.82, 2.24) is 24.3 Å². The molecule has 2 aromatic carbocycles. The fourth-order valence-corrected chi connectivity index (χ4v) is 4.40. The largest absolute Gasteiger partial charge is 0.368 e. The molecule has 154 valence electrons. The first-order chi connectivity index (χ1) is 15.1.